The Kier molecular flexibility index (Phi) is 5.65. The van der Waals surface area contributed by atoms with E-state index in [4.69, 9.17) is 10.5 Å². The van der Waals surface area contributed by atoms with E-state index in [1.54, 1.807) is 0 Å². The van der Waals surface area contributed by atoms with Gasteiger partial charge < -0.3 is 15.6 Å². The summed E-state index contributed by atoms with van der Waals surface area (Å²) >= 11 is 0. The van der Waals surface area contributed by atoms with Crippen molar-refractivity contribution >= 4 is 11.9 Å². The van der Waals surface area contributed by atoms with E-state index in [9.17, 15) is 14.7 Å². The van der Waals surface area contributed by atoms with E-state index in [1.165, 1.54) is 22.3 Å². The van der Waals surface area contributed by atoms with Crippen LogP contribution in [-0.2, 0) is 14.3 Å². The Morgan fingerprint density at radius 2 is 1.65 bits per heavy atom. The van der Waals surface area contributed by atoms with Gasteiger partial charge in [-0.05, 0) is 28.7 Å². The molecule has 1 atom stereocenters. The van der Waals surface area contributed by atoms with Gasteiger partial charge in [0.15, 0.2) is 0 Å². The van der Waals surface area contributed by atoms with Gasteiger partial charge in [0, 0.05) is 12.3 Å². The third-order valence-corrected chi connectivity index (χ3v) is 4.66. The summed E-state index contributed by atoms with van der Waals surface area (Å²) in [5.41, 5.74) is 9.95. The van der Waals surface area contributed by atoms with Crippen LogP contribution in [0.25, 0.3) is 11.1 Å². The fraction of sp³-hybridized carbons (Fsp3) is 0.300. The number of amides is 1. The molecule has 0 unspecified atom stereocenters. The first kappa shape index (κ1) is 18.1. The normalized spacial score (nSPS) is 13.8. The average molecular weight is 354 g/mol. The molecule has 1 aliphatic carbocycles. The molecule has 4 N–H and O–H groups in total. The minimum absolute atomic E-state index is 0.0212. The maximum Gasteiger partial charge on any atom is 0.320 e. The van der Waals surface area contributed by atoms with E-state index in [-0.39, 0.29) is 25.5 Å². The first-order chi connectivity index (χ1) is 12.6. The number of nitrogens with two attached hydrogens (primary N) is 1. The number of carboxylic acids is 1. The number of carbonyl (C=O) groups is 2. The third-order valence-electron chi connectivity index (χ3n) is 4.66. The number of nitrogens with one attached hydrogen (secondary N) is 1. The molecule has 1 amide bonds. The highest BCUT2D eigenvalue weighted by molar-refractivity contribution is 5.79. The van der Waals surface area contributed by atoms with Crippen LogP contribution in [0.2, 0.25) is 0 Å². The van der Waals surface area contributed by atoms with E-state index < -0.39 is 17.9 Å². The zero-order chi connectivity index (χ0) is 18.5. The maximum absolute atomic E-state index is 11.2. The number of carbonyl (C=O) groups excluding carboxylic acids is 1. The number of fused-ring (bicyclic) bond motifs is 3. The molecular weight excluding hydrogens is 332 g/mol. The molecular formula is C20H22N2O4. The number of primary amides is 1. The number of hydrogen-bond acceptors (Lipinski definition) is 4. The van der Waals surface area contributed by atoms with E-state index in [1.807, 2.05) is 24.3 Å². The van der Waals surface area contributed by atoms with Crippen molar-refractivity contribution in [2.24, 2.45) is 5.73 Å². The molecule has 6 heteroatoms. The largest absolute Gasteiger partial charge is 0.480 e. The lowest BCUT2D eigenvalue weighted by Gasteiger charge is -2.17. The standard InChI is InChI=1S/C20H22N2O4/c21-19(23)10-9-18(20(24)25)22-12-26-11-17-15-7-3-1-5-13(15)14-6-2-4-8-16(14)17/h1-8,17-18,22H,9-12H2,(H2,21,23)(H,24,25)/t18-/m0/s1. The molecule has 0 radical (unpaired) electrons. The zero-order valence-corrected chi connectivity index (χ0v) is 14.4. The van der Waals surface area contributed by atoms with Crippen molar-refractivity contribution in [2.45, 2.75) is 24.8 Å². The molecule has 2 aromatic rings. The Morgan fingerprint density at radius 3 is 2.19 bits per heavy atom. The van der Waals surface area contributed by atoms with Gasteiger partial charge in [0.05, 0.1) is 13.3 Å². The molecule has 0 heterocycles. The van der Waals surface area contributed by atoms with Crippen molar-refractivity contribution in [3.8, 4) is 11.1 Å². The molecule has 3 rings (SSSR count). The van der Waals surface area contributed by atoms with Gasteiger partial charge in [-0.2, -0.15) is 0 Å². The molecule has 2 aromatic carbocycles. The summed E-state index contributed by atoms with van der Waals surface area (Å²) in [7, 11) is 0. The number of aliphatic carboxylic acids is 1. The fourth-order valence-corrected chi connectivity index (χ4v) is 3.38. The van der Waals surface area contributed by atoms with Crippen LogP contribution in [0, 0.1) is 0 Å². The summed E-state index contributed by atoms with van der Waals surface area (Å²) < 4.78 is 5.73. The molecule has 26 heavy (non-hydrogen) atoms. The van der Waals surface area contributed by atoms with Gasteiger partial charge in [-0.25, -0.2) is 0 Å². The van der Waals surface area contributed by atoms with Crippen LogP contribution in [0.5, 0.6) is 0 Å². The SMILES string of the molecule is NC(=O)CC[C@H](NCOCC1c2ccccc2-c2ccccc21)C(=O)O. The van der Waals surface area contributed by atoms with Crippen molar-refractivity contribution < 1.29 is 19.4 Å². The Bertz CT molecular complexity index is 760. The minimum Gasteiger partial charge on any atom is -0.480 e. The highest BCUT2D eigenvalue weighted by Gasteiger charge is 2.28. The van der Waals surface area contributed by atoms with Crippen LogP contribution in [-0.4, -0.2) is 36.4 Å². The second-order valence-corrected chi connectivity index (χ2v) is 6.34. The second kappa shape index (κ2) is 8.12. The lowest BCUT2D eigenvalue weighted by molar-refractivity contribution is -0.140. The van der Waals surface area contributed by atoms with Crippen LogP contribution in [0.3, 0.4) is 0 Å². The van der Waals surface area contributed by atoms with Gasteiger partial charge in [0.25, 0.3) is 0 Å². The summed E-state index contributed by atoms with van der Waals surface area (Å²) in [6.45, 7) is 0.541. The van der Waals surface area contributed by atoms with Crippen LogP contribution in [0.4, 0.5) is 0 Å². The molecule has 1 aliphatic rings. The first-order valence-corrected chi connectivity index (χ1v) is 8.58. The van der Waals surface area contributed by atoms with Crippen molar-refractivity contribution in [1.29, 1.82) is 0 Å². The highest BCUT2D eigenvalue weighted by atomic mass is 16.5. The Hall–Kier alpha value is -2.70. The smallest absolute Gasteiger partial charge is 0.320 e. The van der Waals surface area contributed by atoms with Gasteiger partial charge in [-0.1, -0.05) is 48.5 Å². The number of carboxylic acid groups (broad SMARTS) is 1. The van der Waals surface area contributed by atoms with Gasteiger partial charge in [-0.3, -0.25) is 14.9 Å². The summed E-state index contributed by atoms with van der Waals surface area (Å²) in [4.78, 5) is 22.1. The Balaban J connectivity index is 1.60. The summed E-state index contributed by atoms with van der Waals surface area (Å²) in [6, 6.07) is 15.6. The lowest BCUT2D eigenvalue weighted by Crippen LogP contribution is -2.39. The molecule has 0 bridgehead atoms. The molecule has 0 fully saturated rings. The fourth-order valence-electron chi connectivity index (χ4n) is 3.38. The molecule has 0 spiro atoms. The maximum atomic E-state index is 11.2. The summed E-state index contributed by atoms with van der Waals surface area (Å²) in [6.07, 6.45) is 0.163. The quantitative estimate of drug-likeness (QED) is 0.473. The van der Waals surface area contributed by atoms with Crippen LogP contribution < -0.4 is 11.1 Å². The lowest BCUT2D eigenvalue weighted by atomic mass is 9.98. The highest BCUT2D eigenvalue weighted by Crippen LogP contribution is 2.44. The average Bonchev–Trinajstić information content (AvgIpc) is 2.95. The Labute approximate surface area is 152 Å². The zero-order valence-electron chi connectivity index (χ0n) is 14.4. The third kappa shape index (κ3) is 3.92. The number of rotatable bonds is 9. The number of hydrogen-bond donors (Lipinski definition) is 3. The van der Waals surface area contributed by atoms with E-state index >= 15 is 0 Å². The van der Waals surface area contributed by atoms with Gasteiger partial charge >= 0.3 is 5.97 Å². The van der Waals surface area contributed by atoms with E-state index in [0.717, 1.165) is 0 Å². The molecule has 0 aliphatic heterocycles. The predicted octanol–water partition coefficient (Wildman–Crippen LogP) is 2.08. The van der Waals surface area contributed by atoms with Crippen LogP contribution in [0.15, 0.2) is 48.5 Å². The van der Waals surface area contributed by atoms with Crippen molar-refractivity contribution in [3.05, 3.63) is 59.7 Å². The van der Waals surface area contributed by atoms with Crippen LogP contribution in [0.1, 0.15) is 29.9 Å². The van der Waals surface area contributed by atoms with Crippen molar-refractivity contribution in [2.75, 3.05) is 13.3 Å². The van der Waals surface area contributed by atoms with Crippen molar-refractivity contribution in [3.63, 3.8) is 0 Å². The molecule has 0 aromatic heterocycles. The molecule has 0 saturated heterocycles. The van der Waals surface area contributed by atoms with Crippen LogP contribution >= 0.6 is 0 Å². The van der Waals surface area contributed by atoms with E-state index in [2.05, 4.69) is 29.6 Å². The minimum atomic E-state index is -1.02. The number of ether oxygens (including phenoxy) is 1. The first-order valence-electron chi connectivity index (χ1n) is 8.58. The summed E-state index contributed by atoms with van der Waals surface area (Å²) in [5, 5.41) is 12.0. The van der Waals surface area contributed by atoms with E-state index in [0.29, 0.717) is 6.61 Å². The summed E-state index contributed by atoms with van der Waals surface area (Å²) in [5.74, 6) is -1.41. The molecule has 136 valence electrons. The van der Waals surface area contributed by atoms with Gasteiger partial charge in [-0.15, -0.1) is 0 Å². The molecule has 0 saturated carbocycles. The second-order valence-electron chi connectivity index (χ2n) is 6.34. The topological polar surface area (TPSA) is 102 Å². The predicted molar refractivity (Wildman–Crippen MR) is 97.5 cm³/mol. The Morgan fingerprint density at radius 1 is 1.08 bits per heavy atom. The molecule has 6 nitrogen and oxygen atoms in total. The monoisotopic (exact) mass is 354 g/mol. The van der Waals surface area contributed by atoms with Crippen molar-refractivity contribution in [1.82, 2.24) is 5.32 Å². The number of benzene rings is 2. The van der Waals surface area contributed by atoms with Gasteiger partial charge in [0.2, 0.25) is 5.91 Å². The van der Waals surface area contributed by atoms with Gasteiger partial charge in [0.1, 0.15) is 6.04 Å².